The molecule has 1 amide bonds. The van der Waals surface area contributed by atoms with Crippen molar-refractivity contribution < 1.29 is 14.7 Å². The number of carboxylic acids is 1. The first-order valence-electron chi connectivity index (χ1n) is 6.39. The third-order valence-corrected chi connectivity index (χ3v) is 4.12. The van der Waals surface area contributed by atoms with Gasteiger partial charge in [-0.2, -0.15) is 8.73 Å². The van der Waals surface area contributed by atoms with Crippen LogP contribution in [0.15, 0.2) is 26.9 Å². The zero-order chi connectivity index (χ0) is 14.1. The van der Waals surface area contributed by atoms with Crippen LogP contribution in [-0.2, 0) is 16.1 Å². The fraction of sp³-hybridized carbons (Fsp3) is 0.385. The maximum Gasteiger partial charge on any atom is 0.308 e. The van der Waals surface area contributed by atoms with Crippen LogP contribution in [0.4, 0.5) is 11.4 Å². The van der Waals surface area contributed by atoms with E-state index >= 15 is 0 Å². The minimum absolute atomic E-state index is 0.133. The summed E-state index contributed by atoms with van der Waals surface area (Å²) in [4.78, 5) is 25.1. The zero-order valence-electron chi connectivity index (χ0n) is 10.7. The van der Waals surface area contributed by atoms with Gasteiger partial charge in [0.1, 0.15) is 11.4 Å². The van der Waals surface area contributed by atoms with Crippen LogP contribution >= 0.6 is 0 Å². The van der Waals surface area contributed by atoms with Crippen molar-refractivity contribution >= 4 is 34.6 Å². The lowest BCUT2D eigenvalue weighted by atomic mass is 9.97. The van der Waals surface area contributed by atoms with Crippen molar-refractivity contribution in [2.75, 3.05) is 13.1 Å². The maximum atomic E-state index is 12.4. The van der Waals surface area contributed by atoms with Crippen molar-refractivity contribution in [3.05, 3.63) is 23.8 Å². The fourth-order valence-corrected chi connectivity index (χ4v) is 2.98. The normalized spacial score (nSPS) is 20.4. The predicted octanol–water partition coefficient (Wildman–Crippen LogP) is 2.35. The molecule has 1 aromatic rings. The van der Waals surface area contributed by atoms with E-state index < -0.39 is 11.9 Å². The molecular formula is C13H13N3O3S. The molecule has 1 N–H and O–H groups in total. The van der Waals surface area contributed by atoms with E-state index in [0.717, 1.165) is 23.5 Å². The lowest BCUT2D eigenvalue weighted by Crippen LogP contribution is -2.42. The molecule has 7 heteroatoms. The Bertz CT molecular complexity index is 652. The summed E-state index contributed by atoms with van der Waals surface area (Å²) in [5.41, 5.74) is 2.01. The van der Waals surface area contributed by atoms with E-state index in [0.29, 0.717) is 24.2 Å². The van der Waals surface area contributed by atoms with Gasteiger partial charge in [0.15, 0.2) is 0 Å². The first-order chi connectivity index (χ1) is 9.65. The van der Waals surface area contributed by atoms with Crippen molar-refractivity contribution in [2.45, 2.75) is 12.8 Å². The van der Waals surface area contributed by atoms with Crippen molar-refractivity contribution in [1.82, 2.24) is 4.90 Å². The molecule has 1 aromatic carbocycles. The van der Waals surface area contributed by atoms with Crippen molar-refractivity contribution in [3.63, 3.8) is 0 Å². The van der Waals surface area contributed by atoms with Gasteiger partial charge >= 0.3 is 5.97 Å². The Kier molecular flexibility index (Phi) is 3.35. The predicted molar refractivity (Wildman–Crippen MR) is 74.2 cm³/mol. The van der Waals surface area contributed by atoms with E-state index in [9.17, 15) is 9.59 Å². The number of piperidine rings is 1. The molecular weight excluding hydrogens is 278 g/mol. The van der Waals surface area contributed by atoms with Crippen molar-refractivity contribution in [2.24, 2.45) is 14.6 Å². The smallest absolute Gasteiger partial charge is 0.308 e. The molecule has 3 rings (SSSR count). The summed E-state index contributed by atoms with van der Waals surface area (Å²) < 4.78 is 8.21. The molecule has 0 unspecified atom stereocenters. The minimum Gasteiger partial charge on any atom is -0.481 e. The van der Waals surface area contributed by atoms with Gasteiger partial charge in [-0.3, -0.25) is 9.59 Å². The molecule has 0 radical (unpaired) electrons. The number of carbonyl (C=O) groups is 2. The molecule has 0 bridgehead atoms. The number of amides is 1. The SMILES string of the molecule is O=C(O)[C@H]1CCCN(C(=O)c2ccc3c(c2)N=S=N3)C1. The molecule has 6 nitrogen and oxygen atoms in total. The summed E-state index contributed by atoms with van der Waals surface area (Å²) in [5.74, 6) is -1.43. The lowest BCUT2D eigenvalue weighted by Gasteiger charge is -2.30. The molecule has 0 spiro atoms. The number of carboxylic acid groups (broad SMARTS) is 1. The number of fused-ring (bicyclic) bond motifs is 1. The minimum atomic E-state index is -0.832. The van der Waals surface area contributed by atoms with Crippen LogP contribution in [0.3, 0.4) is 0 Å². The first-order valence-corrected chi connectivity index (χ1v) is 7.12. The molecule has 0 aromatic heterocycles. The molecule has 1 saturated heterocycles. The van der Waals surface area contributed by atoms with Crippen LogP contribution in [0.2, 0.25) is 0 Å². The topological polar surface area (TPSA) is 82.3 Å². The number of hydrogen-bond acceptors (Lipinski definition) is 4. The Labute approximate surface area is 119 Å². The van der Waals surface area contributed by atoms with E-state index in [1.54, 1.807) is 23.1 Å². The molecule has 2 heterocycles. The van der Waals surface area contributed by atoms with Gasteiger partial charge in [-0.05, 0) is 31.0 Å². The summed E-state index contributed by atoms with van der Waals surface area (Å²) in [5, 5.41) is 9.07. The van der Waals surface area contributed by atoms with E-state index in [4.69, 9.17) is 5.11 Å². The van der Waals surface area contributed by atoms with E-state index in [1.165, 1.54) is 0 Å². The van der Waals surface area contributed by atoms with E-state index in [1.807, 2.05) is 0 Å². The molecule has 2 aliphatic rings. The number of benzene rings is 1. The third kappa shape index (κ3) is 2.36. The Balaban J connectivity index is 1.79. The van der Waals surface area contributed by atoms with Gasteiger partial charge in [0.2, 0.25) is 0 Å². The molecule has 20 heavy (non-hydrogen) atoms. The molecule has 0 saturated carbocycles. The highest BCUT2D eigenvalue weighted by Gasteiger charge is 2.28. The summed E-state index contributed by atoms with van der Waals surface area (Å²) in [7, 11) is 0. The number of nitrogens with zero attached hydrogens (tertiary/aromatic N) is 3. The van der Waals surface area contributed by atoms with E-state index in [2.05, 4.69) is 8.73 Å². The zero-order valence-corrected chi connectivity index (χ0v) is 11.5. The summed E-state index contributed by atoms with van der Waals surface area (Å²) >= 11 is 1.11. The average Bonchev–Trinajstić information content (AvgIpc) is 2.94. The van der Waals surface area contributed by atoms with Gasteiger partial charge in [-0.25, -0.2) is 0 Å². The van der Waals surface area contributed by atoms with Crippen molar-refractivity contribution in [1.29, 1.82) is 0 Å². The Morgan fingerprint density at radius 3 is 2.90 bits per heavy atom. The molecule has 1 atom stereocenters. The highest BCUT2D eigenvalue weighted by Crippen LogP contribution is 2.32. The highest BCUT2D eigenvalue weighted by atomic mass is 32.1. The number of likely N-dealkylation sites (tertiary alicyclic amines) is 1. The Morgan fingerprint density at radius 2 is 2.10 bits per heavy atom. The van der Waals surface area contributed by atoms with Crippen LogP contribution in [0, 0.1) is 5.92 Å². The second-order valence-electron chi connectivity index (χ2n) is 4.90. The van der Waals surface area contributed by atoms with Gasteiger partial charge in [-0.15, -0.1) is 0 Å². The Morgan fingerprint density at radius 1 is 1.30 bits per heavy atom. The van der Waals surface area contributed by atoms with E-state index in [-0.39, 0.29) is 12.5 Å². The maximum absolute atomic E-state index is 12.4. The van der Waals surface area contributed by atoms with Gasteiger partial charge in [0.05, 0.1) is 17.3 Å². The average molecular weight is 291 g/mol. The largest absolute Gasteiger partial charge is 0.481 e. The molecule has 1 fully saturated rings. The molecule has 0 aliphatic carbocycles. The fourth-order valence-electron chi connectivity index (χ4n) is 2.46. The van der Waals surface area contributed by atoms with Gasteiger partial charge in [0.25, 0.3) is 5.91 Å². The van der Waals surface area contributed by atoms with Crippen LogP contribution in [0.1, 0.15) is 23.2 Å². The van der Waals surface area contributed by atoms with Gasteiger partial charge < -0.3 is 10.0 Å². The number of hydrogen-bond donors (Lipinski definition) is 1. The lowest BCUT2D eigenvalue weighted by molar-refractivity contribution is -0.143. The van der Waals surface area contributed by atoms with Gasteiger partial charge in [0, 0.05) is 18.7 Å². The quantitative estimate of drug-likeness (QED) is 0.922. The summed E-state index contributed by atoms with van der Waals surface area (Å²) in [6.45, 7) is 0.886. The number of aliphatic carboxylic acids is 1. The third-order valence-electron chi connectivity index (χ3n) is 3.56. The first kappa shape index (κ1) is 13.0. The summed E-state index contributed by atoms with van der Waals surface area (Å²) in [6, 6.07) is 5.20. The van der Waals surface area contributed by atoms with Crippen LogP contribution in [0.5, 0.6) is 0 Å². The monoisotopic (exact) mass is 291 g/mol. The Hall–Kier alpha value is -2.02. The standard InChI is InChI=1S/C13H13N3O3S/c17-12(16-5-1-2-9(7-16)13(18)19)8-3-4-10-11(6-8)15-20-14-10/h3-4,6,9H,1-2,5,7H2,(H,18,19)/t9-/m0/s1. The van der Waals surface area contributed by atoms with Crippen molar-refractivity contribution in [3.8, 4) is 0 Å². The van der Waals surface area contributed by atoms with Crippen LogP contribution < -0.4 is 0 Å². The van der Waals surface area contributed by atoms with Crippen LogP contribution in [-0.4, -0.2) is 35.0 Å². The van der Waals surface area contributed by atoms with Gasteiger partial charge in [-0.1, -0.05) is 0 Å². The number of carbonyl (C=O) groups excluding carboxylic acids is 1. The van der Waals surface area contributed by atoms with Crippen LogP contribution in [0.25, 0.3) is 0 Å². The molecule has 104 valence electrons. The summed E-state index contributed by atoms with van der Waals surface area (Å²) in [6.07, 6.45) is 1.36. The number of rotatable bonds is 2. The second kappa shape index (κ2) is 5.16. The molecule has 2 aliphatic heterocycles. The highest BCUT2D eigenvalue weighted by molar-refractivity contribution is 7.58. The second-order valence-corrected chi connectivity index (χ2v) is 5.42.